The van der Waals surface area contributed by atoms with E-state index in [0.717, 1.165) is 22.7 Å². The third kappa shape index (κ3) is 2.50. The third-order valence-corrected chi connectivity index (χ3v) is 3.98. The predicted molar refractivity (Wildman–Crippen MR) is 89.2 cm³/mol. The van der Waals surface area contributed by atoms with Crippen molar-refractivity contribution in [3.8, 4) is 17.1 Å². The molecule has 0 saturated carbocycles. The second-order valence-corrected chi connectivity index (χ2v) is 5.38. The molecule has 0 aliphatic rings. The quantitative estimate of drug-likeness (QED) is 0.709. The normalized spacial score (nSPS) is 12.1. The molecule has 3 rings (SSSR count). The summed E-state index contributed by atoms with van der Waals surface area (Å²) in [6, 6.07) is 20.7. The molecule has 0 N–H and O–H groups in total. The molecule has 112 valence electrons. The second-order valence-electron chi connectivity index (χ2n) is 5.38. The first-order chi connectivity index (χ1) is 10.7. The van der Waals surface area contributed by atoms with Crippen molar-refractivity contribution in [1.29, 1.82) is 0 Å². The van der Waals surface area contributed by atoms with Crippen LogP contribution in [-0.2, 0) is 0 Å². The van der Waals surface area contributed by atoms with Crippen molar-refractivity contribution in [2.45, 2.75) is 19.9 Å². The summed E-state index contributed by atoms with van der Waals surface area (Å²) in [5.41, 5.74) is 4.36. The molecule has 0 bridgehead atoms. The van der Waals surface area contributed by atoms with Crippen LogP contribution in [0.4, 0.5) is 0 Å². The molecule has 0 aliphatic carbocycles. The maximum absolute atomic E-state index is 5.62. The van der Waals surface area contributed by atoms with E-state index < -0.39 is 0 Å². The Kier molecular flexibility index (Phi) is 3.96. The zero-order valence-corrected chi connectivity index (χ0v) is 13.2. The molecule has 3 aromatic rings. The Morgan fingerprint density at radius 3 is 2.14 bits per heavy atom. The smallest absolute Gasteiger partial charge is 0.215 e. The molecule has 22 heavy (non-hydrogen) atoms. The minimum atomic E-state index is 0.118. The number of benzene rings is 2. The summed E-state index contributed by atoms with van der Waals surface area (Å²) in [4.78, 5) is 0. The van der Waals surface area contributed by atoms with Crippen LogP contribution in [0.1, 0.15) is 24.1 Å². The summed E-state index contributed by atoms with van der Waals surface area (Å²) in [6.45, 7) is 4.20. The van der Waals surface area contributed by atoms with Crippen LogP contribution in [0.25, 0.3) is 11.3 Å². The van der Waals surface area contributed by atoms with Gasteiger partial charge < -0.3 is 4.74 Å². The fourth-order valence-corrected chi connectivity index (χ4v) is 2.75. The average molecular weight is 292 g/mol. The lowest BCUT2D eigenvalue weighted by atomic mass is 10.1. The number of hydrogen-bond acceptors (Lipinski definition) is 2. The van der Waals surface area contributed by atoms with Gasteiger partial charge in [-0.1, -0.05) is 60.7 Å². The largest absolute Gasteiger partial charge is 0.481 e. The van der Waals surface area contributed by atoms with Crippen molar-refractivity contribution >= 4 is 0 Å². The summed E-state index contributed by atoms with van der Waals surface area (Å²) >= 11 is 0. The molecule has 0 saturated heterocycles. The SMILES string of the molecule is COc1c(C)c(-c2ccccc2)nn1C(C)c1ccccc1. The van der Waals surface area contributed by atoms with Crippen LogP contribution in [-0.4, -0.2) is 16.9 Å². The lowest BCUT2D eigenvalue weighted by Gasteiger charge is -2.15. The van der Waals surface area contributed by atoms with Gasteiger partial charge in [-0.2, -0.15) is 5.10 Å². The predicted octanol–water partition coefficient (Wildman–Crippen LogP) is 4.48. The topological polar surface area (TPSA) is 27.1 Å². The van der Waals surface area contributed by atoms with Crippen LogP contribution in [0.2, 0.25) is 0 Å². The molecule has 0 aliphatic heterocycles. The highest BCUT2D eigenvalue weighted by atomic mass is 16.5. The van der Waals surface area contributed by atoms with E-state index in [1.165, 1.54) is 5.56 Å². The van der Waals surface area contributed by atoms with Crippen LogP contribution in [0.5, 0.6) is 5.88 Å². The van der Waals surface area contributed by atoms with Gasteiger partial charge in [0.15, 0.2) is 0 Å². The molecule has 2 aromatic carbocycles. The summed E-state index contributed by atoms with van der Waals surface area (Å²) in [5.74, 6) is 0.815. The second kappa shape index (κ2) is 6.06. The highest BCUT2D eigenvalue weighted by Crippen LogP contribution is 2.33. The van der Waals surface area contributed by atoms with Crippen molar-refractivity contribution in [3.63, 3.8) is 0 Å². The Morgan fingerprint density at radius 1 is 0.955 bits per heavy atom. The van der Waals surface area contributed by atoms with Gasteiger partial charge in [0.05, 0.1) is 18.8 Å². The molecule has 3 heteroatoms. The first-order valence-electron chi connectivity index (χ1n) is 7.46. The van der Waals surface area contributed by atoms with Crippen molar-refractivity contribution in [1.82, 2.24) is 9.78 Å². The summed E-state index contributed by atoms with van der Waals surface area (Å²) in [5, 5.41) is 4.82. The highest BCUT2D eigenvalue weighted by molar-refractivity contribution is 5.65. The van der Waals surface area contributed by atoms with E-state index >= 15 is 0 Å². The standard InChI is InChI=1S/C19H20N2O/c1-14-18(17-12-8-5-9-13-17)20-21(19(14)22-3)15(2)16-10-6-4-7-11-16/h4-13,15H,1-3H3. The Hall–Kier alpha value is -2.55. The van der Waals surface area contributed by atoms with Crippen LogP contribution in [0.3, 0.4) is 0 Å². The number of nitrogens with zero attached hydrogens (tertiary/aromatic N) is 2. The molecule has 0 amide bonds. The molecule has 0 spiro atoms. The maximum Gasteiger partial charge on any atom is 0.215 e. The van der Waals surface area contributed by atoms with Gasteiger partial charge in [0.2, 0.25) is 5.88 Å². The highest BCUT2D eigenvalue weighted by Gasteiger charge is 2.20. The molecule has 0 radical (unpaired) electrons. The molecular formula is C19H20N2O. The van der Waals surface area contributed by atoms with Crippen LogP contribution in [0.15, 0.2) is 60.7 Å². The van der Waals surface area contributed by atoms with Gasteiger partial charge >= 0.3 is 0 Å². The van der Waals surface area contributed by atoms with Crippen molar-refractivity contribution < 1.29 is 4.74 Å². The fraction of sp³-hybridized carbons (Fsp3) is 0.211. The number of rotatable bonds is 4. The number of ether oxygens (including phenoxy) is 1. The number of hydrogen-bond donors (Lipinski definition) is 0. The molecule has 1 heterocycles. The van der Waals surface area contributed by atoms with E-state index in [4.69, 9.17) is 9.84 Å². The number of methoxy groups -OCH3 is 1. The third-order valence-electron chi connectivity index (χ3n) is 3.98. The first kappa shape index (κ1) is 14.4. The molecular weight excluding hydrogens is 272 g/mol. The average Bonchev–Trinajstić information content (AvgIpc) is 2.92. The summed E-state index contributed by atoms with van der Waals surface area (Å²) in [7, 11) is 1.70. The minimum Gasteiger partial charge on any atom is -0.481 e. The van der Waals surface area contributed by atoms with Crippen LogP contribution < -0.4 is 4.74 Å². The lowest BCUT2D eigenvalue weighted by Crippen LogP contribution is -2.10. The number of aromatic nitrogens is 2. The van der Waals surface area contributed by atoms with E-state index in [2.05, 4.69) is 38.1 Å². The minimum absolute atomic E-state index is 0.118. The van der Waals surface area contributed by atoms with Gasteiger partial charge in [-0.15, -0.1) is 0 Å². The Bertz CT molecular complexity index is 748. The van der Waals surface area contributed by atoms with Crippen molar-refractivity contribution in [2.24, 2.45) is 0 Å². The van der Waals surface area contributed by atoms with Crippen molar-refractivity contribution in [3.05, 3.63) is 71.8 Å². The zero-order valence-electron chi connectivity index (χ0n) is 13.2. The molecule has 0 fully saturated rings. The zero-order chi connectivity index (χ0) is 15.5. The first-order valence-corrected chi connectivity index (χ1v) is 7.46. The molecule has 1 atom stereocenters. The molecule has 1 unspecified atom stereocenters. The maximum atomic E-state index is 5.62. The van der Waals surface area contributed by atoms with E-state index in [1.807, 2.05) is 41.1 Å². The van der Waals surface area contributed by atoms with E-state index in [1.54, 1.807) is 7.11 Å². The van der Waals surface area contributed by atoms with Gasteiger partial charge in [-0.3, -0.25) is 0 Å². The lowest BCUT2D eigenvalue weighted by molar-refractivity contribution is 0.349. The van der Waals surface area contributed by atoms with E-state index in [9.17, 15) is 0 Å². The van der Waals surface area contributed by atoms with Crippen molar-refractivity contribution in [2.75, 3.05) is 7.11 Å². The van der Waals surface area contributed by atoms with Gasteiger partial charge in [-0.25, -0.2) is 4.68 Å². The van der Waals surface area contributed by atoms with Crippen LogP contribution in [0, 0.1) is 6.92 Å². The Labute approximate surface area is 131 Å². The van der Waals surface area contributed by atoms with Crippen LogP contribution >= 0.6 is 0 Å². The molecule has 3 nitrogen and oxygen atoms in total. The monoisotopic (exact) mass is 292 g/mol. The van der Waals surface area contributed by atoms with Gasteiger partial charge in [0.1, 0.15) is 0 Å². The van der Waals surface area contributed by atoms with E-state index in [0.29, 0.717) is 0 Å². The van der Waals surface area contributed by atoms with Gasteiger partial charge in [0, 0.05) is 11.1 Å². The van der Waals surface area contributed by atoms with Gasteiger partial charge in [-0.05, 0) is 19.4 Å². The Morgan fingerprint density at radius 2 is 1.55 bits per heavy atom. The van der Waals surface area contributed by atoms with E-state index in [-0.39, 0.29) is 6.04 Å². The fourth-order valence-electron chi connectivity index (χ4n) is 2.75. The Balaban J connectivity index is 2.09. The van der Waals surface area contributed by atoms with Gasteiger partial charge in [0.25, 0.3) is 0 Å². The summed E-state index contributed by atoms with van der Waals surface area (Å²) < 4.78 is 7.59. The molecule has 1 aromatic heterocycles. The summed E-state index contributed by atoms with van der Waals surface area (Å²) in [6.07, 6.45) is 0.